The summed E-state index contributed by atoms with van der Waals surface area (Å²) in [4.78, 5) is 32.1. The number of alkyl halides is 3. The number of phosphoric acid groups is 1. The molecule has 1 aliphatic rings. The van der Waals surface area contributed by atoms with Crippen molar-refractivity contribution in [2.24, 2.45) is 0 Å². The molecule has 0 spiro atoms. The number of fused-ring (bicyclic) bond motifs is 1. The summed E-state index contributed by atoms with van der Waals surface area (Å²) in [6, 6.07) is 4.89. The van der Waals surface area contributed by atoms with E-state index in [1.165, 1.54) is 32.3 Å². The van der Waals surface area contributed by atoms with Gasteiger partial charge in [-0.1, -0.05) is 6.07 Å². The molecular weight excluding hydrogens is 498 g/mol. The van der Waals surface area contributed by atoms with Crippen molar-refractivity contribution in [1.29, 1.82) is 0 Å². The van der Waals surface area contributed by atoms with E-state index in [9.17, 15) is 32.3 Å². The Hall–Kier alpha value is -3.15. The Balaban J connectivity index is 2.21. The summed E-state index contributed by atoms with van der Waals surface area (Å²) in [5.74, 6) is -0.141. The summed E-state index contributed by atoms with van der Waals surface area (Å²) in [6.07, 6.45) is -4.07. The highest BCUT2D eigenvalue weighted by atomic mass is 31.2. The maximum atomic E-state index is 12.7. The van der Waals surface area contributed by atoms with Crippen LogP contribution in [-0.4, -0.2) is 61.8 Å². The molecule has 0 aromatic heterocycles. The fraction of sp³-hybridized carbons (Fsp3) is 0.381. The predicted molar refractivity (Wildman–Crippen MR) is 115 cm³/mol. The van der Waals surface area contributed by atoms with Crippen LogP contribution in [0.15, 0.2) is 24.3 Å². The molecule has 2 N–H and O–H groups in total. The average Bonchev–Trinajstić information content (AvgIpc) is 2.80. The fourth-order valence-corrected chi connectivity index (χ4v) is 4.36. The maximum absolute atomic E-state index is 12.7. The number of rotatable bonds is 9. The van der Waals surface area contributed by atoms with Gasteiger partial charge >= 0.3 is 14.0 Å². The van der Waals surface area contributed by atoms with Crippen molar-refractivity contribution in [2.75, 3.05) is 34.5 Å². The van der Waals surface area contributed by atoms with Crippen molar-refractivity contribution < 1.29 is 55.8 Å². The molecule has 1 heterocycles. The summed E-state index contributed by atoms with van der Waals surface area (Å²) < 4.78 is 75.5. The maximum Gasteiger partial charge on any atom is 0.524 e. The van der Waals surface area contributed by atoms with Crippen LogP contribution >= 0.6 is 7.82 Å². The summed E-state index contributed by atoms with van der Waals surface area (Å²) in [6.45, 7) is -1.63. The second-order valence-corrected chi connectivity index (χ2v) is 8.56. The van der Waals surface area contributed by atoms with Crippen molar-refractivity contribution in [3.05, 3.63) is 41.0 Å². The zero-order valence-corrected chi connectivity index (χ0v) is 19.8. The van der Waals surface area contributed by atoms with Crippen molar-refractivity contribution in [3.63, 3.8) is 0 Å². The Bertz CT molecular complexity index is 1110. The van der Waals surface area contributed by atoms with Gasteiger partial charge in [-0.25, -0.2) is 4.57 Å². The number of carbonyl (C=O) groups excluding carboxylic acids is 1. The first-order valence-corrected chi connectivity index (χ1v) is 11.6. The zero-order chi connectivity index (χ0) is 26.0. The molecule has 0 saturated heterocycles. The third-order valence-corrected chi connectivity index (χ3v) is 5.67. The van der Waals surface area contributed by atoms with Crippen LogP contribution in [0, 0.1) is 0 Å². The van der Waals surface area contributed by atoms with Crippen LogP contribution in [0.4, 0.5) is 13.2 Å². The molecule has 1 atom stereocenters. The van der Waals surface area contributed by atoms with Crippen LogP contribution in [-0.2, 0) is 15.8 Å². The Kier molecular flexibility index (Phi) is 7.73. The molecule has 0 saturated carbocycles. The monoisotopic (exact) mass is 521 g/mol. The third kappa shape index (κ3) is 5.92. The molecule has 2 aromatic rings. The van der Waals surface area contributed by atoms with Crippen LogP contribution in [0.25, 0.3) is 0 Å². The van der Waals surface area contributed by atoms with E-state index in [-0.39, 0.29) is 30.0 Å². The smallest absolute Gasteiger partial charge is 0.493 e. The van der Waals surface area contributed by atoms with E-state index in [4.69, 9.17) is 23.5 Å². The lowest BCUT2D eigenvalue weighted by Gasteiger charge is -2.36. The topological polar surface area (TPSA) is 124 Å². The number of hydrogen-bond donors (Lipinski definition) is 2. The minimum Gasteiger partial charge on any atom is -0.493 e. The average molecular weight is 521 g/mol. The van der Waals surface area contributed by atoms with Gasteiger partial charge in [-0.15, -0.1) is 0 Å². The predicted octanol–water partition coefficient (Wildman–Crippen LogP) is 3.23. The van der Waals surface area contributed by atoms with Crippen LogP contribution in [0.1, 0.15) is 22.7 Å². The second-order valence-electron chi connectivity index (χ2n) is 7.40. The molecule has 10 nitrogen and oxygen atoms in total. The normalized spacial score (nSPS) is 15.8. The SMILES string of the molecule is COc1cc([C@@H]2c3ccc(OCC(F)(F)F)c(OP(=O)(O)O)c3CCN2C=O)cc(OC)c1OC. The van der Waals surface area contributed by atoms with Gasteiger partial charge in [-0.05, 0) is 35.7 Å². The van der Waals surface area contributed by atoms with Crippen molar-refractivity contribution in [1.82, 2.24) is 4.90 Å². The molecule has 0 radical (unpaired) electrons. The Morgan fingerprint density at radius 2 is 1.69 bits per heavy atom. The van der Waals surface area contributed by atoms with E-state index in [1.807, 2.05) is 0 Å². The molecule has 35 heavy (non-hydrogen) atoms. The number of amides is 1. The molecule has 0 fully saturated rings. The van der Waals surface area contributed by atoms with Crippen molar-refractivity contribution in [2.45, 2.75) is 18.6 Å². The van der Waals surface area contributed by atoms with Gasteiger partial charge in [0.1, 0.15) is 0 Å². The highest BCUT2D eigenvalue weighted by Gasteiger charge is 2.36. The summed E-state index contributed by atoms with van der Waals surface area (Å²) in [7, 11) is -0.945. The minimum atomic E-state index is -5.18. The lowest BCUT2D eigenvalue weighted by molar-refractivity contribution is -0.153. The fourth-order valence-electron chi connectivity index (χ4n) is 3.92. The molecule has 14 heteroatoms. The number of phosphoric ester groups is 1. The first-order chi connectivity index (χ1) is 16.4. The van der Waals surface area contributed by atoms with Gasteiger partial charge in [0, 0.05) is 12.1 Å². The Morgan fingerprint density at radius 1 is 1.06 bits per heavy atom. The molecular formula is C21H23F3NO9P. The first kappa shape index (κ1) is 26.5. The molecule has 192 valence electrons. The molecule has 0 bridgehead atoms. The quantitative estimate of drug-likeness (QED) is 0.378. The van der Waals surface area contributed by atoms with Crippen LogP contribution in [0.3, 0.4) is 0 Å². The van der Waals surface area contributed by atoms with Crippen molar-refractivity contribution in [3.8, 4) is 28.7 Å². The van der Waals surface area contributed by atoms with Crippen LogP contribution < -0.4 is 23.5 Å². The van der Waals surface area contributed by atoms with Gasteiger partial charge < -0.3 is 28.4 Å². The number of methoxy groups -OCH3 is 3. The standard InChI is InChI=1S/C21H23F3NO9P/c1-30-16-8-12(9-17(31-2)20(16)32-3)18-13-4-5-15(33-10-21(22,23)24)19(34-35(27,28)29)14(13)6-7-25(18)11-26/h4-5,8-9,11,18H,6-7,10H2,1-3H3,(H2,27,28,29)/t18-/m1/s1. The Labute approximate surface area is 198 Å². The number of hydrogen-bond acceptors (Lipinski definition) is 7. The molecule has 1 aliphatic heterocycles. The minimum absolute atomic E-state index is 0.0353. The molecule has 2 aromatic carbocycles. The number of ether oxygens (including phenoxy) is 4. The zero-order valence-electron chi connectivity index (χ0n) is 18.9. The third-order valence-electron chi connectivity index (χ3n) is 5.25. The highest BCUT2D eigenvalue weighted by Crippen LogP contribution is 2.50. The van der Waals surface area contributed by atoms with E-state index in [0.29, 0.717) is 23.3 Å². The van der Waals surface area contributed by atoms with Gasteiger partial charge in [0.05, 0.1) is 27.4 Å². The molecule has 3 rings (SSSR count). The first-order valence-electron chi connectivity index (χ1n) is 10.0. The van der Waals surface area contributed by atoms with Gasteiger partial charge in [0.2, 0.25) is 12.2 Å². The molecule has 0 unspecified atom stereocenters. The van der Waals surface area contributed by atoms with E-state index >= 15 is 0 Å². The summed E-state index contributed by atoms with van der Waals surface area (Å²) in [5, 5.41) is 0. The van der Waals surface area contributed by atoms with E-state index in [0.717, 1.165) is 6.07 Å². The highest BCUT2D eigenvalue weighted by molar-refractivity contribution is 7.46. The van der Waals surface area contributed by atoms with Crippen LogP contribution in [0.2, 0.25) is 0 Å². The van der Waals surface area contributed by atoms with E-state index in [2.05, 4.69) is 0 Å². The molecule has 0 aliphatic carbocycles. The van der Waals surface area contributed by atoms with Gasteiger partial charge in [0.25, 0.3) is 0 Å². The largest absolute Gasteiger partial charge is 0.524 e. The Morgan fingerprint density at radius 3 is 2.17 bits per heavy atom. The summed E-state index contributed by atoms with van der Waals surface area (Å²) in [5.41, 5.74) is 1.03. The number of halogens is 3. The van der Waals surface area contributed by atoms with E-state index < -0.39 is 38.1 Å². The number of nitrogens with zero attached hydrogens (tertiary/aromatic N) is 1. The summed E-state index contributed by atoms with van der Waals surface area (Å²) >= 11 is 0. The van der Waals surface area contributed by atoms with Gasteiger partial charge in [0.15, 0.2) is 29.6 Å². The van der Waals surface area contributed by atoms with Gasteiger partial charge in [-0.3, -0.25) is 14.6 Å². The van der Waals surface area contributed by atoms with E-state index in [1.54, 1.807) is 12.1 Å². The number of benzene rings is 2. The number of carbonyl (C=O) groups is 1. The van der Waals surface area contributed by atoms with Crippen LogP contribution in [0.5, 0.6) is 28.7 Å². The van der Waals surface area contributed by atoms with Gasteiger partial charge in [-0.2, -0.15) is 13.2 Å². The lowest BCUT2D eigenvalue weighted by Crippen LogP contribution is -2.35. The lowest BCUT2D eigenvalue weighted by atomic mass is 9.87. The second kappa shape index (κ2) is 10.2. The van der Waals surface area contributed by atoms with Crippen molar-refractivity contribution >= 4 is 14.2 Å². The molecule has 1 amide bonds.